The molecule has 0 aromatic carbocycles. The summed E-state index contributed by atoms with van der Waals surface area (Å²) < 4.78 is 0. The number of carbonyl (C=O) groups is 1. The molecule has 2 aliphatic rings. The van der Waals surface area contributed by atoms with Crippen LogP contribution in [0.2, 0.25) is 0 Å². The minimum atomic E-state index is -0.660. The highest BCUT2D eigenvalue weighted by molar-refractivity contribution is 5.85. The number of nitrogens with one attached hydrogen (secondary N) is 2. The number of hydrogen-bond acceptors (Lipinski definition) is 3. The molecule has 0 spiro atoms. The van der Waals surface area contributed by atoms with E-state index < -0.39 is 5.97 Å². The lowest BCUT2D eigenvalue weighted by molar-refractivity contribution is -0.138. The van der Waals surface area contributed by atoms with Crippen molar-refractivity contribution in [2.75, 3.05) is 26.2 Å². The van der Waals surface area contributed by atoms with E-state index in [4.69, 9.17) is 5.11 Å². The first-order valence-electron chi connectivity index (χ1n) is 7.35. The first-order valence-corrected chi connectivity index (χ1v) is 7.35. The maximum absolute atomic E-state index is 10.2. The smallest absolute Gasteiger partial charge is 0.303 e. The fourth-order valence-corrected chi connectivity index (χ4v) is 2.62. The predicted molar refractivity (Wildman–Crippen MR) is 88.2 cm³/mol. The van der Waals surface area contributed by atoms with E-state index in [-0.39, 0.29) is 24.8 Å². The van der Waals surface area contributed by atoms with E-state index in [1.165, 1.54) is 32.4 Å². The van der Waals surface area contributed by atoms with E-state index in [1.54, 1.807) is 0 Å². The Bertz CT molecular complexity index is 231. The van der Waals surface area contributed by atoms with Crippen molar-refractivity contribution < 1.29 is 9.90 Å². The number of carboxylic acid groups (broad SMARTS) is 1. The van der Waals surface area contributed by atoms with Crippen molar-refractivity contribution in [3.63, 3.8) is 0 Å². The fourth-order valence-electron chi connectivity index (χ4n) is 2.62. The van der Waals surface area contributed by atoms with Gasteiger partial charge in [0.05, 0.1) is 0 Å². The molecule has 3 N–H and O–H groups in total. The van der Waals surface area contributed by atoms with Crippen LogP contribution in [0.1, 0.15) is 45.4 Å². The molecule has 122 valence electrons. The third-order valence-corrected chi connectivity index (χ3v) is 3.96. The molecule has 4 nitrogen and oxygen atoms in total. The van der Waals surface area contributed by atoms with Gasteiger partial charge >= 0.3 is 5.97 Å². The summed E-state index contributed by atoms with van der Waals surface area (Å²) in [6, 6.07) is 0. The van der Waals surface area contributed by atoms with Crippen LogP contribution in [0.4, 0.5) is 0 Å². The molecular formula is C14H30Cl2N2O2. The SMILES string of the molecule is CCC1CCNCC1.Cl.Cl.O=C(O)CC1CCNCC1. The van der Waals surface area contributed by atoms with E-state index in [0.29, 0.717) is 12.3 Å². The van der Waals surface area contributed by atoms with Gasteiger partial charge in [-0.3, -0.25) is 4.79 Å². The van der Waals surface area contributed by atoms with Crippen LogP contribution in [-0.4, -0.2) is 37.3 Å². The lowest BCUT2D eigenvalue weighted by Gasteiger charge is -2.20. The lowest BCUT2D eigenvalue weighted by atomic mass is 9.95. The molecule has 2 saturated heterocycles. The average Bonchev–Trinajstić information content (AvgIpc) is 2.41. The lowest BCUT2D eigenvalue weighted by Crippen LogP contribution is -2.28. The molecule has 6 heteroatoms. The highest BCUT2D eigenvalue weighted by Gasteiger charge is 2.15. The van der Waals surface area contributed by atoms with Crippen molar-refractivity contribution in [1.29, 1.82) is 0 Å². The summed E-state index contributed by atoms with van der Waals surface area (Å²) >= 11 is 0. The van der Waals surface area contributed by atoms with Crippen molar-refractivity contribution in [3.8, 4) is 0 Å². The van der Waals surface area contributed by atoms with Gasteiger partial charge in [0.2, 0.25) is 0 Å². The van der Waals surface area contributed by atoms with Gasteiger partial charge < -0.3 is 15.7 Å². The van der Waals surface area contributed by atoms with Crippen LogP contribution in [0.5, 0.6) is 0 Å². The highest BCUT2D eigenvalue weighted by atomic mass is 35.5. The van der Waals surface area contributed by atoms with Gasteiger partial charge in [-0.1, -0.05) is 13.3 Å². The van der Waals surface area contributed by atoms with Crippen molar-refractivity contribution in [3.05, 3.63) is 0 Å². The van der Waals surface area contributed by atoms with Crippen LogP contribution in [0.25, 0.3) is 0 Å². The molecule has 0 saturated carbocycles. The highest BCUT2D eigenvalue weighted by Crippen LogP contribution is 2.15. The maximum atomic E-state index is 10.2. The zero-order valence-electron chi connectivity index (χ0n) is 12.4. The van der Waals surface area contributed by atoms with Gasteiger partial charge in [0.25, 0.3) is 0 Å². The number of aliphatic carboxylic acids is 1. The van der Waals surface area contributed by atoms with E-state index >= 15 is 0 Å². The van der Waals surface area contributed by atoms with Crippen molar-refractivity contribution >= 4 is 30.8 Å². The number of rotatable bonds is 3. The van der Waals surface area contributed by atoms with Crippen LogP contribution >= 0.6 is 24.8 Å². The Balaban J connectivity index is 0. The zero-order valence-corrected chi connectivity index (χ0v) is 14.0. The molecule has 0 radical (unpaired) electrons. The van der Waals surface area contributed by atoms with Crippen LogP contribution in [0.15, 0.2) is 0 Å². The molecule has 0 amide bonds. The Hall–Kier alpha value is -0.0300. The minimum absolute atomic E-state index is 0. The molecule has 0 aromatic rings. The number of piperidine rings is 2. The molecule has 2 heterocycles. The summed E-state index contributed by atoms with van der Waals surface area (Å²) in [5.41, 5.74) is 0. The van der Waals surface area contributed by atoms with E-state index in [0.717, 1.165) is 31.8 Å². The summed E-state index contributed by atoms with van der Waals surface area (Å²) in [4.78, 5) is 10.2. The predicted octanol–water partition coefficient (Wildman–Crippen LogP) is 2.70. The number of hydrogen-bond donors (Lipinski definition) is 3. The Morgan fingerprint density at radius 2 is 1.35 bits per heavy atom. The Kier molecular flexibility index (Phi) is 15.5. The van der Waals surface area contributed by atoms with Crippen LogP contribution < -0.4 is 10.6 Å². The summed E-state index contributed by atoms with van der Waals surface area (Å²) in [6.45, 7) is 6.75. The second-order valence-electron chi connectivity index (χ2n) is 5.39. The monoisotopic (exact) mass is 328 g/mol. The van der Waals surface area contributed by atoms with Gasteiger partial charge in [-0.25, -0.2) is 0 Å². The second kappa shape index (κ2) is 13.9. The van der Waals surface area contributed by atoms with Gasteiger partial charge in [-0.05, 0) is 63.7 Å². The molecule has 0 atom stereocenters. The average molecular weight is 329 g/mol. The van der Waals surface area contributed by atoms with E-state index in [9.17, 15) is 4.79 Å². The molecule has 2 aliphatic heterocycles. The quantitative estimate of drug-likeness (QED) is 0.745. The zero-order chi connectivity index (χ0) is 13.2. The summed E-state index contributed by atoms with van der Waals surface area (Å²) in [7, 11) is 0. The van der Waals surface area contributed by atoms with Gasteiger partial charge in [-0.15, -0.1) is 24.8 Å². The summed E-state index contributed by atoms with van der Waals surface area (Å²) in [5.74, 6) is 0.780. The second-order valence-corrected chi connectivity index (χ2v) is 5.39. The molecular weight excluding hydrogens is 299 g/mol. The molecule has 0 aliphatic carbocycles. The van der Waals surface area contributed by atoms with Crippen LogP contribution in [-0.2, 0) is 4.79 Å². The normalized spacial score (nSPS) is 19.9. The Labute approximate surface area is 135 Å². The molecule has 0 unspecified atom stereocenters. The van der Waals surface area contributed by atoms with Crippen molar-refractivity contribution in [2.45, 2.75) is 45.4 Å². The van der Waals surface area contributed by atoms with Crippen molar-refractivity contribution in [1.82, 2.24) is 10.6 Å². The van der Waals surface area contributed by atoms with Gasteiger partial charge in [0.1, 0.15) is 0 Å². The molecule has 0 bridgehead atoms. The van der Waals surface area contributed by atoms with Gasteiger partial charge in [0.15, 0.2) is 0 Å². The largest absolute Gasteiger partial charge is 0.481 e. The van der Waals surface area contributed by atoms with E-state index in [1.807, 2.05) is 0 Å². The first kappa shape index (κ1) is 22.3. The fraction of sp³-hybridized carbons (Fsp3) is 0.929. The number of carboxylic acids is 1. The first-order chi connectivity index (χ1) is 8.72. The molecule has 20 heavy (non-hydrogen) atoms. The van der Waals surface area contributed by atoms with Crippen LogP contribution in [0.3, 0.4) is 0 Å². The maximum Gasteiger partial charge on any atom is 0.303 e. The topological polar surface area (TPSA) is 61.4 Å². The van der Waals surface area contributed by atoms with E-state index in [2.05, 4.69) is 17.6 Å². The summed E-state index contributed by atoms with van der Waals surface area (Å²) in [6.07, 6.45) is 6.56. The third kappa shape index (κ3) is 10.7. The standard InChI is InChI=1S/C7H13NO2.C7H15N.2ClH/c9-7(10)5-6-1-3-8-4-2-6;1-2-7-3-5-8-6-4-7;;/h6,8H,1-5H2,(H,9,10);7-8H,2-6H2,1H3;2*1H. The number of halogens is 2. The molecule has 2 fully saturated rings. The van der Waals surface area contributed by atoms with Gasteiger partial charge in [-0.2, -0.15) is 0 Å². The summed E-state index contributed by atoms with van der Waals surface area (Å²) in [5, 5.41) is 15.0. The third-order valence-electron chi connectivity index (χ3n) is 3.96. The molecule has 0 aromatic heterocycles. The van der Waals surface area contributed by atoms with Crippen molar-refractivity contribution in [2.24, 2.45) is 11.8 Å². The van der Waals surface area contributed by atoms with Crippen LogP contribution in [0, 0.1) is 11.8 Å². The Morgan fingerprint density at radius 3 is 1.65 bits per heavy atom. The van der Waals surface area contributed by atoms with Gasteiger partial charge in [0, 0.05) is 6.42 Å². The Morgan fingerprint density at radius 1 is 0.950 bits per heavy atom. The minimum Gasteiger partial charge on any atom is -0.481 e. The molecule has 2 rings (SSSR count).